The Kier molecular flexibility index (Phi) is 5.59. The summed E-state index contributed by atoms with van der Waals surface area (Å²) in [5, 5.41) is 15.0. The Balaban J connectivity index is 1.58. The molecular weight excluding hydrogens is 368 g/mol. The van der Waals surface area contributed by atoms with Gasteiger partial charge in [0.15, 0.2) is 5.76 Å². The van der Waals surface area contributed by atoms with Gasteiger partial charge in [0.05, 0.1) is 18.9 Å². The van der Waals surface area contributed by atoms with Crippen molar-refractivity contribution in [2.75, 3.05) is 12.8 Å². The van der Waals surface area contributed by atoms with Crippen molar-refractivity contribution in [2.45, 2.75) is 12.6 Å². The number of nitrogens with one attached hydrogen (secondary N) is 2. The van der Waals surface area contributed by atoms with Crippen LogP contribution < -0.4 is 10.0 Å². The number of benzene rings is 2. The normalized spacial score (nSPS) is 12.8. The maximum atomic E-state index is 12.2. The highest BCUT2D eigenvalue weighted by atomic mass is 32.2. The van der Waals surface area contributed by atoms with E-state index in [4.69, 9.17) is 4.42 Å². The first kappa shape index (κ1) is 19.1. The number of carbonyl (C=O) groups excluding carboxylic acids is 1. The second-order valence-electron chi connectivity index (χ2n) is 6.19. The van der Waals surface area contributed by atoms with Gasteiger partial charge in [0, 0.05) is 6.54 Å². The third kappa shape index (κ3) is 5.16. The van der Waals surface area contributed by atoms with Crippen LogP contribution in [0.4, 0.5) is 0 Å². The van der Waals surface area contributed by atoms with E-state index in [2.05, 4.69) is 10.0 Å². The minimum atomic E-state index is -3.34. The van der Waals surface area contributed by atoms with Gasteiger partial charge in [0.25, 0.3) is 5.91 Å². The zero-order valence-corrected chi connectivity index (χ0v) is 15.5. The van der Waals surface area contributed by atoms with Crippen LogP contribution in [-0.2, 0) is 16.6 Å². The molecule has 0 aliphatic rings. The van der Waals surface area contributed by atoms with Crippen molar-refractivity contribution < 1.29 is 22.7 Å². The zero-order chi connectivity index (χ0) is 19.4. The number of sulfonamides is 1. The average molecular weight is 388 g/mol. The fraction of sp³-hybridized carbons (Fsp3) is 0.211. The van der Waals surface area contributed by atoms with Gasteiger partial charge >= 0.3 is 0 Å². The fourth-order valence-corrected chi connectivity index (χ4v) is 3.01. The molecule has 0 fully saturated rings. The van der Waals surface area contributed by atoms with Crippen LogP contribution in [0.25, 0.3) is 10.8 Å². The topological polar surface area (TPSA) is 109 Å². The fourth-order valence-electron chi connectivity index (χ4n) is 2.61. The van der Waals surface area contributed by atoms with Gasteiger partial charge in [-0.05, 0) is 34.5 Å². The second-order valence-corrected chi connectivity index (χ2v) is 8.02. The van der Waals surface area contributed by atoms with E-state index in [-0.39, 0.29) is 18.8 Å². The summed E-state index contributed by atoms with van der Waals surface area (Å²) in [5.41, 5.74) is 0.700. The molecule has 8 heteroatoms. The number of rotatable bonds is 7. The van der Waals surface area contributed by atoms with Gasteiger partial charge in [0.1, 0.15) is 5.76 Å². The Morgan fingerprint density at radius 3 is 2.59 bits per heavy atom. The summed E-state index contributed by atoms with van der Waals surface area (Å²) in [6.07, 6.45) is 0.178. The molecule has 1 amide bonds. The number of furan rings is 1. The van der Waals surface area contributed by atoms with Crippen molar-refractivity contribution >= 4 is 26.7 Å². The van der Waals surface area contributed by atoms with E-state index in [1.807, 2.05) is 42.5 Å². The number of fused-ring (bicyclic) bond motifs is 1. The van der Waals surface area contributed by atoms with Crippen LogP contribution in [0.5, 0.6) is 0 Å². The van der Waals surface area contributed by atoms with Crippen LogP contribution in [-0.4, -0.2) is 32.2 Å². The lowest BCUT2D eigenvalue weighted by atomic mass is 10.0. The summed E-state index contributed by atoms with van der Waals surface area (Å²) in [7, 11) is -3.34. The highest BCUT2D eigenvalue weighted by molar-refractivity contribution is 7.88. The third-order valence-electron chi connectivity index (χ3n) is 4.01. The van der Waals surface area contributed by atoms with Crippen molar-refractivity contribution in [3.8, 4) is 0 Å². The van der Waals surface area contributed by atoms with E-state index < -0.39 is 22.0 Å². The summed E-state index contributed by atoms with van der Waals surface area (Å²) >= 11 is 0. The molecule has 0 radical (unpaired) electrons. The smallest absolute Gasteiger partial charge is 0.287 e. The van der Waals surface area contributed by atoms with Crippen LogP contribution >= 0.6 is 0 Å². The first-order chi connectivity index (χ1) is 12.8. The molecule has 0 aliphatic heterocycles. The van der Waals surface area contributed by atoms with E-state index in [1.54, 1.807) is 0 Å². The zero-order valence-electron chi connectivity index (χ0n) is 14.7. The molecule has 1 atom stereocenters. The van der Waals surface area contributed by atoms with Crippen molar-refractivity contribution in [3.05, 3.63) is 71.7 Å². The monoisotopic (exact) mass is 388 g/mol. The molecule has 3 N–H and O–H groups in total. The highest BCUT2D eigenvalue weighted by Gasteiger charge is 2.15. The average Bonchev–Trinajstić information content (AvgIpc) is 3.12. The first-order valence-corrected chi connectivity index (χ1v) is 10.2. The van der Waals surface area contributed by atoms with Crippen LogP contribution in [0, 0.1) is 0 Å². The molecule has 3 rings (SSSR count). The number of aliphatic hydroxyl groups is 1. The minimum Gasteiger partial charge on any atom is -0.455 e. The van der Waals surface area contributed by atoms with Crippen LogP contribution in [0.1, 0.15) is 28.0 Å². The van der Waals surface area contributed by atoms with Crippen molar-refractivity contribution in [1.82, 2.24) is 10.0 Å². The lowest BCUT2D eigenvalue weighted by Gasteiger charge is -2.12. The van der Waals surface area contributed by atoms with Crippen LogP contribution in [0.2, 0.25) is 0 Å². The number of carbonyl (C=O) groups is 1. The maximum absolute atomic E-state index is 12.2. The molecular formula is C19H20N2O5S. The van der Waals surface area contributed by atoms with Gasteiger partial charge in [0.2, 0.25) is 10.0 Å². The van der Waals surface area contributed by atoms with Crippen LogP contribution in [0.15, 0.2) is 59.0 Å². The Morgan fingerprint density at radius 1 is 1.11 bits per heavy atom. The quantitative estimate of drug-likeness (QED) is 0.573. The largest absolute Gasteiger partial charge is 0.455 e. The van der Waals surface area contributed by atoms with Crippen molar-refractivity contribution in [2.24, 2.45) is 0 Å². The SMILES string of the molecule is CS(=O)(=O)NCc1ccc(C(=O)NCC(O)c2ccc3ccccc3c2)o1. The van der Waals surface area contributed by atoms with E-state index >= 15 is 0 Å². The summed E-state index contributed by atoms with van der Waals surface area (Å²) in [6.45, 7) is -0.0133. The predicted octanol–water partition coefficient (Wildman–Crippen LogP) is 1.95. The molecule has 1 aromatic heterocycles. The Morgan fingerprint density at radius 2 is 1.85 bits per heavy atom. The van der Waals surface area contributed by atoms with Gasteiger partial charge < -0.3 is 14.8 Å². The lowest BCUT2D eigenvalue weighted by molar-refractivity contribution is 0.0887. The second kappa shape index (κ2) is 7.91. The third-order valence-corrected chi connectivity index (χ3v) is 4.68. The summed E-state index contributed by atoms with van der Waals surface area (Å²) < 4.78 is 29.8. The Bertz CT molecular complexity index is 1060. The Labute approximate surface area is 157 Å². The molecule has 1 unspecified atom stereocenters. The lowest BCUT2D eigenvalue weighted by Crippen LogP contribution is -2.28. The molecule has 27 heavy (non-hydrogen) atoms. The van der Waals surface area contributed by atoms with E-state index in [0.29, 0.717) is 11.3 Å². The number of aliphatic hydroxyl groups excluding tert-OH is 1. The molecule has 0 saturated heterocycles. The number of amides is 1. The number of hydrogen-bond donors (Lipinski definition) is 3. The summed E-state index contributed by atoms with van der Waals surface area (Å²) in [5.74, 6) is -0.118. The van der Waals surface area contributed by atoms with E-state index in [9.17, 15) is 18.3 Å². The molecule has 2 aromatic carbocycles. The molecule has 1 heterocycles. The van der Waals surface area contributed by atoms with Gasteiger partial charge in [-0.15, -0.1) is 0 Å². The van der Waals surface area contributed by atoms with Crippen LogP contribution in [0.3, 0.4) is 0 Å². The van der Waals surface area contributed by atoms with E-state index in [1.165, 1.54) is 12.1 Å². The number of hydrogen-bond acceptors (Lipinski definition) is 5. The molecule has 142 valence electrons. The molecule has 3 aromatic rings. The molecule has 0 aliphatic carbocycles. The maximum Gasteiger partial charge on any atom is 0.287 e. The van der Waals surface area contributed by atoms with Gasteiger partial charge in [-0.1, -0.05) is 36.4 Å². The summed E-state index contributed by atoms with van der Waals surface area (Å²) in [4.78, 5) is 12.2. The van der Waals surface area contributed by atoms with Gasteiger partial charge in [-0.25, -0.2) is 13.1 Å². The minimum absolute atomic E-state index is 0.0226. The first-order valence-electron chi connectivity index (χ1n) is 8.30. The van der Waals surface area contributed by atoms with Gasteiger partial charge in [-0.3, -0.25) is 4.79 Å². The van der Waals surface area contributed by atoms with E-state index in [0.717, 1.165) is 17.0 Å². The van der Waals surface area contributed by atoms with Gasteiger partial charge in [-0.2, -0.15) is 0 Å². The predicted molar refractivity (Wildman–Crippen MR) is 102 cm³/mol. The Hall–Kier alpha value is -2.68. The molecule has 0 saturated carbocycles. The molecule has 0 bridgehead atoms. The van der Waals surface area contributed by atoms with Crippen molar-refractivity contribution in [1.29, 1.82) is 0 Å². The van der Waals surface area contributed by atoms with Crippen molar-refractivity contribution in [3.63, 3.8) is 0 Å². The standard InChI is InChI=1S/C19H20N2O5S/c1-27(24,25)21-11-16-8-9-18(26-16)19(23)20-12-17(22)15-7-6-13-4-2-3-5-14(13)10-15/h2-10,17,21-22H,11-12H2,1H3,(H,20,23). The summed E-state index contributed by atoms with van der Waals surface area (Å²) in [6, 6.07) is 16.4. The molecule has 7 nitrogen and oxygen atoms in total. The molecule has 0 spiro atoms. The highest BCUT2D eigenvalue weighted by Crippen LogP contribution is 2.20.